The van der Waals surface area contributed by atoms with E-state index < -0.39 is 22.8 Å². The van der Waals surface area contributed by atoms with Crippen LogP contribution in [0.25, 0.3) is 0 Å². The summed E-state index contributed by atoms with van der Waals surface area (Å²) in [5.41, 5.74) is -1.98. The van der Waals surface area contributed by atoms with Gasteiger partial charge < -0.3 is 9.47 Å². The molecule has 2 aliphatic carbocycles. The molecular weight excluding hydrogens is 232 g/mol. The fourth-order valence-electron chi connectivity index (χ4n) is 2.81. The third-order valence-corrected chi connectivity index (χ3v) is 3.81. The van der Waals surface area contributed by atoms with Crippen LogP contribution in [-0.2, 0) is 19.1 Å². The molecular formula is C14H16O4. The molecule has 18 heavy (non-hydrogen) atoms. The first-order valence-electron chi connectivity index (χ1n) is 5.82. The highest BCUT2D eigenvalue weighted by Gasteiger charge is 2.60. The van der Waals surface area contributed by atoms with Crippen molar-refractivity contribution in [1.29, 1.82) is 0 Å². The van der Waals surface area contributed by atoms with Crippen molar-refractivity contribution >= 4 is 11.9 Å². The van der Waals surface area contributed by atoms with Gasteiger partial charge in [0, 0.05) is 0 Å². The maximum absolute atomic E-state index is 12.2. The summed E-state index contributed by atoms with van der Waals surface area (Å²) >= 11 is 0. The van der Waals surface area contributed by atoms with Gasteiger partial charge in [-0.25, -0.2) is 0 Å². The van der Waals surface area contributed by atoms with Crippen LogP contribution in [0.3, 0.4) is 0 Å². The van der Waals surface area contributed by atoms with E-state index in [1.165, 1.54) is 14.2 Å². The summed E-state index contributed by atoms with van der Waals surface area (Å²) < 4.78 is 9.81. The molecule has 4 nitrogen and oxygen atoms in total. The summed E-state index contributed by atoms with van der Waals surface area (Å²) in [7, 11) is 2.67. The Morgan fingerprint density at radius 1 is 0.889 bits per heavy atom. The zero-order valence-corrected chi connectivity index (χ0v) is 10.5. The van der Waals surface area contributed by atoms with Crippen LogP contribution in [0.4, 0.5) is 0 Å². The molecule has 4 heteroatoms. The lowest BCUT2D eigenvalue weighted by Crippen LogP contribution is -2.53. The van der Waals surface area contributed by atoms with Crippen molar-refractivity contribution in [2.45, 2.75) is 12.8 Å². The molecule has 0 aromatic heterocycles. The number of hydrogen-bond acceptors (Lipinski definition) is 4. The quantitative estimate of drug-likeness (QED) is 0.552. The van der Waals surface area contributed by atoms with Crippen LogP contribution in [0.5, 0.6) is 0 Å². The molecule has 0 heterocycles. The Bertz CT molecular complexity index is 418. The minimum Gasteiger partial charge on any atom is -0.468 e. The van der Waals surface area contributed by atoms with Gasteiger partial charge in [0.25, 0.3) is 0 Å². The third-order valence-electron chi connectivity index (χ3n) is 3.81. The second-order valence-corrected chi connectivity index (χ2v) is 4.52. The van der Waals surface area contributed by atoms with Crippen LogP contribution < -0.4 is 0 Å². The number of methoxy groups -OCH3 is 2. The molecule has 96 valence electrons. The molecule has 2 rings (SSSR count). The molecule has 0 saturated carbocycles. The van der Waals surface area contributed by atoms with Crippen molar-refractivity contribution in [2.75, 3.05) is 14.2 Å². The van der Waals surface area contributed by atoms with E-state index in [1.54, 1.807) is 24.3 Å². The highest BCUT2D eigenvalue weighted by Crippen LogP contribution is 2.53. The van der Waals surface area contributed by atoms with Gasteiger partial charge >= 0.3 is 11.9 Å². The maximum Gasteiger partial charge on any atom is 0.317 e. The van der Waals surface area contributed by atoms with Crippen LogP contribution in [0.15, 0.2) is 36.5 Å². The van der Waals surface area contributed by atoms with Crippen molar-refractivity contribution in [3.63, 3.8) is 0 Å². The topological polar surface area (TPSA) is 52.6 Å². The van der Waals surface area contributed by atoms with Gasteiger partial charge in [0.2, 0.25) is 0 Å². The van der Waals surface area contributed by atoms with E-state index in [2.05, 4.69) is 0 Å². The monoisotopic (exact) mass is 248 g/mol. The number of rotatable bonds is 2. The van der Waals surface area contributed by atoms with Crippen LogP contribution in [-0.4, -0.2) is 26.2 Å². The summed E-state index contributed by atoms with van der Waals surface area (Å²) in [6.45, 7) is 0. The highest BCUT2D eigenvalue weighted by atomic mass is 16.5. The Morgan fingerprint density at radius 2 is 1.28 bits per heavy atom. The fraction of sp³-hybridized carbons (Fsp3) is 0.429. The standard InChI is InChI=1S/C14H16O4/c1-17-11(15)13-7-3-5-9-14(13,12(16)18-2)10-6-4-8-13/h3-7,9H,8,10H2,1-2H3. The molecule has 0 spiro atoms. The number of fused-ring (bicyclic) bond motifs is 1. The molecule has 0 aliphatic heterocycles. The average molecular weight is 248 g/mol. The number of allylic oxidation sites excluding steroid dienone is 4. The first-order chi connectivity index (χ1) is 8.63. The van der Waals surface area contributed by atoms with Gasteiger partial charge in [0.05, 0.1) is 14.2 Å². The number of carbonyl (C=O) groups excluding carboxylic acids is 2. The lowest BCUT2D eigenvalue weighted by molar-refractivity contribution is -0.169. The molecule has 0 bridgehead atoms. The van der Waals surface area contributed by atoms with Crippen molar-refractivity contribution < 1.29 is 19.1 Å². The van der Waals surface area contributed by atoms with Gasteiger partial charge in [-0.15, -0.1) is 0 Å². The van der Waals surface area contributed by atoms with Crippen molar-refractivity contribution in [1.82, 2.24) is 0 Å². The summed E-state index contributed by atoms with van der Waals surface area (Å²) in [5.74, 6) is -0.810. The van der Waals surface area contributed by atoms with Crippen LogP contribution >= 0.6 is 0 Å². The molecule has 0 radical (unpaired) electrons. The summed E-state index contributed by atoms with van der Waals surface area (Å²) in [5, 5.41) is 0. The Morgan fingerprint density at radius 3 is 1.61 bits per heavy atom. The minimum absolute atomic E-state index is 0.405. The minimum atomic E-state index is -0.988. The summed E-state index contributed by atoms with van der Waals surface area (Å²) in [6, 6.07) is 0. The van der Waals surface area contributed by atoms with Crippen molar-refractivity contribution in [3.8, 4) is 0 Å². The normalized spacial score (nSPS) is 32.8. The number of carbonyl (C=O) groups is 2. The second-order valence-electron chi connectivity index (χ2n) is 4.52. The highest BCUT2D eigenvalue weighted by molar-refractivity contribution is 5.93. The van der Waals surface area contributed by atoms with Gasteiger partial charge in [-0.3, -0.25) is 9.59 Å². The molecule has 0 amide bonds. The fourth-order valence-corrected chi connectivity index (χ4v) is 2.81. The van der Waals surface area contributed by atoms with Gasteiger partial charge in [-0.05, 0) is 12.8 Å². The van der Waals surface area contributed by atoms with Crippen LogP contribution in [0, 0.1) is 10.8 Å². The zero-order chi connectivity index (χ0) is 13.2. The third kappa shape index (κ3) is 1.45. The Labute approximate surface area is 106 Å². The smallest absolute Gasteiger partial charge is 0.317 e. The van der Waals surface area contributed by atoms with Crippen LogP contribution in [0.1, 0.15) is 12.8 Å². The van der Waals surface area contributed by atoms with E-state index in [0.717, 1.165) is 0 Å². The molecule has 2 atom stereocenters. The lowest BCUT2D eigenvalue weighted by Gasteiger charge is -2.45. The number of hydrogen-bond donors (Lipinski definition) is 0. The van der Waals surface area contributed by atoms with Gasteiger partial charge in [0.15, 0.2) is 0 Å². The molecule has 2 unspecified atom stereocenters. The Hall–Kier alpha value is -1.84. The van der Waals surface area contributed by atoms with E-state index in [1.807, 2.05) is 12.2 Å². The molecule has 0 aromatic rings. The van der Waals surface area contributed by atoms with Gasteiger partial charge in [-0.2, -0.15) is 0 Å². The zero-order valence-electron chi connectivity index (χ0n) is 10.5. The largest absolute Gasteiger partial charge is 0.468 e. The van der Waals surface area contributed by atoms with Gasteiger partial charge in [0.1, 0.15) is 10.8 Å². The molecule has 0 saturated heterocycles. The molecule has 0 fully saturated rings. The second kappa shape index (κ2) is 4.44. The number of ether oxygens (including phenoxy) is 2. The van der Waals surface area contributed by atoms with Gasteiger partial charge in [-0.1, -0.05) is 36.5 Å². The first kappa shape index (κ1) is 12.6. The molecule has 2 aliphatic rings. The number of esters is 2. The maximum atomic E-state index is 12.2. The van der Waals surface area contributed by atoms with E-state index in [0.29, 0.717) is 12.8 Å². The Kier molecular flexibility index (Phi) is 3.11. The summed E-state index contributed by atoms with van der Waals surface area (Å²) in [6.07, 6.45) is 11.7. The van der Waals surface area contributed by atoms with E-state index in [-0.39, 0.29) is 0 Å². The van der Waals surface area contributed by atoms with Crippen molar-refractivity contribution in [2.24, 2.45) is 10.8 Å². The van der Waals surface area contributed by atoms with E-state index in [4.69, 9.17) is 9.47 Å². The lowest BCUT2D eigenvalue weighted by atomic mass is 9.56. The predicted molar refractivity (Wildman–Crippen MR) is 65.6 cm³/mol. The van der Waals surface area contributed by atoms with Crippen LogP contribution in [0.2, 0.25) is 0 Å². The van der Waals surface area contributed by atoms with Crippen molar-refractivity contribution in [3.05, 3.63) is 36.5 Å². The van der Waals surface area contributed by atoms with E-state index in [9.17, 15) is 9.59 Å². The molecule has 0 N–H and O–H groups in total. The Balaban J connectivity index is 2.60. The average Bonchev–Trinajstić information content (AvgIpc) is 2.44. The first-order valence-corrected chi connectivity index (χ1v) is 5.82. The van der Waals surface area contributed by atoms with E-state index >= 15 is 0 Å². The summed E-state index contributed by atoms with van der Waals surface area (Å²) in [4.78, 5) is 24.4. The molecule has 0 aromatic carbocycles. The SMILES string of the molecule is COC(=O)C12C=CC=CC1(C(=O)OC)CC=CC2. The predicted octanol–water partition coefficient (Wildman–Crippen LogP) is 1.78.